The van der Waals surface area contributed by atoms with Gasteiger partial charge in [0.25, 0.3) is 0 Å². The van der Waals surface area contributed by atoms with Crippen LogP contribution in [0.2, 0.25) is 0 Å². The molecule has 2 aliphatic rings. The molecular weight excluding hydrogens is 202 g/mol. The fourth-order valence-electron chi connectivity index (χ4n) is 3.10. The van der Waals surface area contributed by atoms with Crippen molar-refractivity contribution < 1.29 is 9.90 Å². The van der Waals surface area contributed by atoms with Gasteiger partial charge in [0.1, 0.15) is 0 Å². The highest BCUT2D eigenvalue weighted by Gasteiger charge is 2.37. The monoisotopic (exact) mass is 225 g/mol. The van der Waals surface area contributed by atoms with Gasteiger partial charge in [-0.05, 0) is 38.5 Å². The zero-order chi connectivity index (χ0) is 11.5. The van der Waals surface area contributed by atoms with Gasteiger partial charge in [-0.1, -0.05) is 19.3 Å². The normalized spacial score (nSPS) is 33.1. The summed E-state index contributed by atoms with van der Waals surface area (Å²) in [4.78, 5) is 10.9. The van der Waals surface area contributed by atoms with E-state index >= 15 is 0 Å². The molecule has 2 N–H and O–H groups in total. The molecule has 0 saturated heterocycles. The summed E-state index contributed by atoms with van der Waals surface area (Å²) < 4.78 is 0. The molecule has 3 atom stereocenters. The van der Waals surface area contributed by atoms with E-state index < -0.39 is 5.97 Å². The average Bonchev–Trinajstić information content (AvgIpc) is 2.24. The van der Waals surface area contributed by atoms with Crippen LogP contribution in [0.25, 0.3) is 0 Å². The number of rotatable bonds is 4. The zero-order valence-corrected chi connectivity index (χ0v) is 10.1. The molecule has 2 unspecified atom stereocenters. The highest BCUT2D eigenvalue weighted by Crippen LogP contribution is 2.31. The molecule has 0 aromatic carbocycles. The van der Waals surface area contributed by atoms with E-state index in [1.807, 2.05) is 0 Å². The number of carboxylic acids is 1. The highest BCUT2D eigenvalue weighted by molar-refractivity contribution is 5.72. The SMILES string of the molecule is C[C@H](NC1CCC1C(=O)O)C1CCCCC1. The van der Waals surface area contributed by atoms with Crippen molar-refractivity contribution in [3.8, 4) is 0 Å². The van der Waals surface area contributed by atoms with Crippen LogP contribution in [0.4, 0.5) is 0 Å². The lowest BCUT2D eigenvalue weighted by atomic mass is 9.77. The number of aliphatic carboxylic acids is 1. The molecule has 0 radical (unpaired) electrons. The lowest BCUT2D eigenvalue weighted by Gasteiger charge is -2.39. The van der Waals surface area contributed by atoms with Crippen molar-refractivity contribution in [2.24, 2.45) is 11.8 Å². The van der Waals surface area contributed by atoms with Crippen LogP contribution in [0.3, 0.4) is 0 Å². The summed E-state index contributed by atoms with van der Waals surface area (Å²) in [6.45, 7) is 2.23. The first-order valence-electron chi connectivity index (χ1n) is 6.67. The Hall–Kier alpha value is -0.570. The van der Waals surface area contributed by atoms with Crippen LogP contribution in [0.15, 0.2) is 0 Å². The van der Waals surface area contributed by atoms with E-state index in [1.165, 1.54) is 32.1 Å². The quantitative estimate of drug-likeness (QED) is 0.772. The molecule has 0 spiro atoms. The maximum absolute atomic E-state index is 10.9. The molecular formula is C13H23NO2. The van der Waals surface area contributed by atoms with E-state index in [1.54, 1.807) is 0 Å². The Bertz CT molecular complexity index is 248. The van der Waals surface area contributed by atoms with E-state index in [4.69, 9.17) is 5.11 Å². The maximum atomic E-state index is 10.9. The van der Waals surface area contributed by atoms with Gasteiger partial charge in [-0.25, -0.2) is 0 Å². The predicted molar refractivity (Wildman–Crippen MR) is 63.3 cm³/mol. The summed E-state index contributed by atoms with van der Waals surface area (Å²) in [5.41, 5.74) is 0. The Labute approximate surface area is 97.6 Å². The Kier molecular flexibility index (Phi) is 3.85. The first-order valence-corrected chi connectivity index (χ1v) is 6.67. The van der Waals surface area contributed by atoms with Gasteiger partial charge in [-0.15, -0.1) is 0 Å². The number of nitrogens with one attached hydrogen (secondary N) is 1. The first kappa shape index (κ1) is 11.9. The molecule has 16 heavy (non-hydrogen) atoms. The summed E-state index contributed by atoms with van der Waals surface area (Å²) in [6.07, 6.45) is 8.60. The van der Waals surface area contributed by atoms with Crippen LogP contribution < -0.4 is 5.32 Å². The smallest absolute Gasteiger partial charge is 0.308 e. The molecule has 2 saturated carbocycles. The molecule has 2 fully saturated rings. The average molecular weight is 225 g/mol. The lowest BCUT2D eigenvalue weighted by molar-refractivity contribution is -0.146. The molecule has 92 valence electrons. The summed E-state index contributed by atoms with van der Waals surface area (Å²) in [7, 11) is 0. The van der Waals surface area contributed by atoms with Gasteiger partial charge in [0.05, 0.1) is 5.92 Å². The molecule has 3 nitrogen and oxygen atoms in total. The molecule has 2 rings (SSSR count). The second-order valence-electron chi connectivity index (χ2n) is 5.48. The largest absolute Gasteiger partial charge is 0.481 e. The lowest BCUT2D eigenvalue weighted by Crippen LogP contribution is -2.52. The van der Waals surface area contributed by atoms with Crippen molar-refractivity contribution in [3.05, 3.63) is 0 Å². The van der Waals surface area contributed by atoms with E-state index in [9.17, 15) is 4.79 Å². The van der Waals surface area contributed by atoms with Crippen LogP contribution in [0.1, 0.15) is 51.9 Å². The maximum Gasteiger partial charge on any atom is 0.308 e. The van der Waals surface area contributed by atoms with Crippen LogP contribution in [-0.4, -0.2) is 23.2 Å². The third-order valence-corrected chi connectivity index (χ3v) is 4.43. The molecule has 0 aromatic heterocycles. The van der Waals surface area contributed by atoms with Crippen LogP contribution in [-0.2, 0) is 4.79 Å². The van der Waals surface area contributed by atoms with Gasteiger partial charge < -0.3 is 10.4 Å². The molecule has 0 bridgehead atoms. The van der Waals surface area contributed by atoms with E-state index in [-0.39, 0.29) is 12.0 Å². The fourth-order valence-corrected chi connectivity index (χ4v) is 3.10. The van der Waals surface area contributed by atoms with Crippen molar-refractivity contribution in [1.29, 1.82) is 0 Å². The third kappa shape index (κ3) is 2.57. The van der Waals surface area contributed by atoms with Gasteiger partial charge >= 0.3 is 5.97 Å². The van der Waals surface area contributed by atoms with Crippen molar-refractivity contribution in [2.45, 2.75) is 64.0 Å². The van der Waals surface area contributed by atoms with Crippen LogP contribution in [0, 0.1) is 11.8 Å². The van der Waals surface area contributed by atoms with Crippen molar-refractivity contribution in [2.75, 3.05) is 0 Å². The van der Waals surface area contributed by atoms with Crippen LogP contribution in [0.5, 0.6) is 0 Å². The number of carbonyl (C=O) groups is 1. The Morgan fingerprint density at radius 1 is 1.19 bits per heavy atom. The van der Waals surface area contributed by atoms with Gasteiger partial charge in [-0.3, -0.25) is 4.79 Å². The zero-order valence-electron chi connectivity index (χ0n) is 10.1. The molecule has 0 aromatic rings. The van der Waals surface area contributed by atoms with Gasteiger partial charge in [0.2, 0.25) is 0 Å². The second kappa shape index (κ2) is 5.17. The van der Waals surface area contributed by atoms with Crippen molar-refractivity contribution in [1.82, 2.24) is 5.32 Å². The second-order valence-corrected chi connectivity index (χ2v) is 5.48. The Morgan fingerprint density at radius 2 is 1.88 bits per heavy atom. The first-order chi connectivity index (χ1) is 7.68. The minimum Gasteiger partial charge on any atom is -0.481 e. The molecule has 2 aliphatic carbocycles. The van der Waals surface area contributed by atoms with E-state index in [0.29, 0.717) is 6.04 Å². The van der Waals surface area contributed by atoms with E-state index in [2.05, 4.69) is 12.2 Å². The summed E-state index contributed by atoms with van der Waals surface area (Å²) in [6, 6.07) is 0.724. The number of hydrogen-bond donors (Lipinski definition) is 2. The van der Waals surface area contributed by atoms with Crippen LogP contribution >= 0.6 is 0 Å². The Morgan fingerprint density at radius 3 is 2.38 bits per heavy atom. The van der Waals surface area contributed by atoms with Gasteiger partial charge in [-0.2, -0.15) is 0 Å². The third-order valence-electron chi connectivity index (χ3n) is 4.43. The van der Waals surface area contributed by atoms with Crippen molar-refractivity contribution in [3.63, 3.8) is 0 Å². The molecule has 0 heterocycles. The highest BCUT2D eigenvalue weighted by atomic mass is 16.4. The number of hydrogen-bond acceptors (Lipinski definition) is 2. The molecule has 3 heteroatoms. The minimum atomic E-state index is -0.625. The summed E-state index contributed by atoms with van der Waals surface area (Å²) >= 11 is 0. The summed E-state index contributed by atoms with van der Waals surface area (Å²) in [5, 5.41) is 12.5. The number of carboxylic acid groups (broad SMARTS) is 1. The predicted octanol–water partition coefficient (Wildman–Crippen LogP) is 2.41. The summed E-state index contributed by atoms with van der Waals surface area (Å²) in [5.74, 6) is 0.00873. The van der Waals surface area contributed by atoms with Crippen molar-refractivity contribution >= 4 is 5.97 Å². The molecule has 0 amide bonds. The minimum absolute atomic E-state index is 0.133. The van der Waals surface area contributed by atoms with Gasteiger partial charge in [0, 0.05) is 12.1 Å². The van der Waals surface area contributed by atoms with E-state index in [0.717, 1.165) is 18.8 Å². The fraction of sp³-hybridized carbons (Fsp3) is 0.923. The topological polar surface area (TPSA) is 49.3 Å². The molecule has 0 aliphatic heterocycles. The Balaban J connectivity index is 1.78. The standard InChI is InChI=1S/C13H23NO2/c1-9(10-5-3-2-4-6-10)14-12-8-7-11(12)13(15)16/h9-12,14H,2-8H2,1H3,(H,15,16)/t9-,11?,12?/m0/s1. The van der Waals surface area contributed by atoms with Gasteiger partial charge in [0.15, 0.2) is 0 Å².